The van der Waals surface area contributed by atoms with E-state index in [9.17, 15) is 0 Å². The zero-order valence-electron chi connectivity index (χ0n) is 26.9. The number of aromatic nitrogens is 8. The molecule has 2 aromatic carbocycles. The predicted molar refractivity (Wildman–Crippen MR) is 204 cm³/mol. The van der Waals surface area contributed by atoms with Crippen LogP contribution < -0.4 is 9.47 Å². The Bertz CT molecular complexity index is 1920. The number of benzene rings is 2. The van der Waals surface area contributed by atoms with E-state index in [2.05, 4.69) is 75.8 Å². The molecule has 0 saturated heterocycles. The molecule has 4 aliphatic heterocycles. The first-order valence-electron chi connectivity index (χ1n) is 16.0. The summed E-state index contributed by atoms with van der Waals surface area (Å²) in [5, 5.41) is 17.9. The minimum Gasteiger partial charge on any atom is -0.491 e. The molecule has 0 spiro atoms. The molecule has 0 atom stereocenters. The fourth-order valence-electron chi connectivity index (χ4n) is 5.20. The summed E-state index contributed by atoms with van der Waals surface area (Å²) in [6.07, 6.45) is 7.43. The van der Waals surface area contributed by atoms with Gasteiger partial charge in [0.15, 0.2) is 0 Å². The van der Waals surface area contributed by atoms with Crippen molar-refractivity contribution in [3.63, 3.8) is 0 Å². The molecular formula is C36H32I2N8O4. The van der Waals surface area contributed by atoms with Gasteiger partial charge in [-0.2, -0.15) is 0 Å². The van der Waals surface area contributed by atoms with E-state index in [4.69, 9.17) is 18.9 Å². The summed E-state index contributed by atoms with van der Waals surface area (Å²) >= 11 is 4.59. The summed E-state index contributed by atoms with van der Waals surface area (Å²) in [7, 11) is 0. The molecule has 4 aromatic heterocycles. The van der Waals surface area contributed by atoms with Gasteiger partial charge in [0.25, 0.3) is 0 Å². The molecule has 0 fully saturated rings. The number of hydrogen-bond acceptors (Lipinski definition) is 10. The minimum absolute atomic E-state index is 0.458. The summed E-state index contributed by atoms with van der Waals surface area (Å²) in [6.45, 7) is 4.01. The van der Waals surface area contributed by atoms with E-state index in [1.54, 1.807) is 12.4 Å². The highest BCUT2D eigenvalue weighted by Crippen LogP contribution is 2.29. The van der Waals surface area contributed by atoms with Crippen LogP contribution in [0.2, 0.25) is 0 Å². The van der Waals surface area contributed by atoms with Crippen LogP contribution in [0.1, 0.15) is 11.1 Å². The van der Waals surface area contributed by atoms with Gasteiger partial charge in [-0.1, -0.05) is 46.8 Å². The van der Waals surface area contributed by atoms with Gasteiger partial charge in [0.2, 0.25) is 0 Å². The Morgan fingerprint density at radius 1 is 0.540 bits per heavy atom. The van der Waals surface area contributed by atoms with Crippen LogP contribution in [0.5, 0.6) is 11.5 Å². The lowest BCUT2D eigenvalue weighted by atomic mass is 10.1. The highest BCUT2D eigenvalue weighted by Gasteiger charge is 2.17. The van der Waals surface area contributed by atoms with Crippen molar-refractivity contribution in [2.45, 2.75) is 13.1 Å². The molecular weight excluding hydrogens is 862 g/mol. The first-order chi connectivity index (χ1) is 24.6. The van der Waals surface area contributed by atoms with E-state index in [0.717, 1.165) is 63.9 Å². The molecule has 0 N–H and O–H groups in total. The van der Waals surface area contributed by atoms with Crippen molar-refractivity contribution in [3.8, 4) is 45.4 Å². The van der Waals surface area contributed by atoms with Crippen molar-refractivity contribution in [2.24, 2.45) is 0 Å². The van der Waals surface area contributed by atoms with Gasteiger partial charge in [-0.15, -0.1) is 10.2 Å². The van der Waals surface area contributed by atoms with Crippen molar-refractivity contribution >= 4 is 45.2 Å². The van der Waals surface area contributed by atoms with Gasteiger partial charge >= 0.3 is 0 Å². The van der Waals surface area contributed by atoms with E-state index in [1.165, 1.54) is 0 Å². The third kappa shape index (κ3) is 8.54. The molecule has 14 heteroatoms. The van der Waals surface area contributed by atoms with Gasteiger partial charge < -0.3 is 18.9 Å². The Kier molecular flexibility index (Phi) is 11.4. The lowest BCUT2D eigenvalue weighted by Crippen LogP contribution is -2.08. The first kappa shape index (κ1) is 34.2. The Hall–Kier alpha value is -4.26. The molecule has 6 aromatic rings. The number of pyridine rings is 2. The lowest BCUT2D eigenvalue weighted by molar-refractivity contribution is 0.115. The third-order valence-electron chi connectivity index (χ3n) is 7.78. The molecule has 50 heavy (non-hydrogen) atoms. The number of ether oxygens (including phenoxy) is 4. The lowest BCUT2D eigenvalue weighted by Gasteiger charge is -2.09. The average molecular weight is 895 g/mol. The quantitative estimate of drug-likeness (QED) is 0.126. The monoisotopic (exact) mass is 894 g/mol. The summed E-state index contributed by atoms with van der Waals surface area (Å²) in [4.78, 5) is 9.26. The SMILES string of the molecule is Ic1c2nnn1Cc1ccc(cc1)OCCOC/C=C\COCCOc1ccc(cc1)Cn1nnc(c1I)-c1ccnc(c1)-c1cc-2ccn1. The standard InChI is InChI=1S/C36H32I2N8O4/c37-35-33-27-11-13-39-31(21-27)32-22-28(12-14-40-32)34-36(38)46(44-42-34)24-26-5-9-30(10-6-26)50-20-18-48-16-2-1-15-47-17-19-49-29-7-3-25(4-8-29)23-45(35)43-41-33/h1-14,21-22H,15-20,23-24H2/b2-1-. The average Bonchev–Trinajstić information content (AvgIpc) is 3.70. The zero-order chi connectivity index (χ0) is 34.1. The van der Waals surface area contributed by atoms with Gasteiger partial charge in [-0.05, 0) is 105 Å². The summed E-state index contributed by atoms with van der Waals surface area (Å²) < 4.78 is 28.6. The molecule has 0 unspecified atom stereocenters. The second-order valence-electron chi connectivity index (χ2n) is 11.2. The second-order valence-corrected chi connectivity index (χ2v) is 13.3. The molecule has 4 aliphatic rings. The van der Waals surface area contributed by atoms with Crippen LogP contribution in [-0.4, -0.2) is 79.6 Å². The van der Waals surface area contributed by atoms with Gasteiger partial charge in [0, 0.05) is 23.5 Å². The smallest absolute Gasteiger partial charge is 0.127 e. The predicted octanol–water partition coefficient (Wildman–Crippen LogP) is 6.33. The molecule has 0 amide bonds. The van der Waals surface area contributed by atoms with Crippen LogP contribution in [0.15, 0.2) is 97.3 Å². The molecule has 0 aliphatic carbocycles. The van der Waals surface area contributed by atoms with Gasteiger partial charge in [-0.25, -0.2) is 9.36 Å². The van der Waals surface area contributed by atoms with Crippen LogP contribution in [0.4, 0.5) is 0 Å². The fourth-order valence-corrected chi connectivity index (χ4v) is 6.57. The Morgan fingerprint density at radius 2 is 0.980 bits per heavy atom. The fraction of sp³-hybridized carbons (Fsp3) is 0.222. The van der Waals surface area contributed by atoms with E-state index in [0.29, 0.717) is 52.7 Å². The topological polar surface area (TPSA) is 124 Å². The summed E-state index contributed by atoms with van der Waals surface area (Å²) in [5.41, 5.74) is 6.98. The largest absolute Gasteiger partial charge is 0.491 e. The van der Waals surface area contributed by atoms with Crippen LogP contribution in [0.25, 0.3) is 33.9 Å². The molecule has 8 heterocycles. The number of nitrogens with zero attached hydrogens (tertiary/aromatic N) is 8. The number of hydrogen-bond donors (Lipinski definition) is 0. The number of rotatable bonds is 0. The Labute approximate surface area is 316 Å². The summed E-state index contributed by atoms with van der Waals surface area (Å²) in [6, 6.07) is 23.8. The van der Waals surface area contributed by atoms with E-state index in [1.807, 2.05) is 94.3 Å². The molecule has 0 saturated carbocycles. The van der Waals surface area contributed by atoms with Gasteiger partial charge in [0.05, 0.1) is 50.9 Å². The van der Waals surface area contributed by atoms with Crippen LogP contribution in [0.3, 0.4) is 0 Å². The molecule has 10 rings (SSSR count). The first-order valence-corrected chi connectivity index (χ1v) is 18.1. The third-order valence-corrected chi connectivity index (χ3v) is 9.91. The van der Waals surface area contributed by atoms with E-state index in [-0.39, 0.29) is 0 Å². The van der Waals surface area contributed by atoms with Crippen molar-refractivity contribution in [1.82, 2.24) is 40.0 Å². The molecule has 0 radical (unpaired) electrons. The van der Waals surface area contributed by atoms with E-state index >= 15 is 0 Å². The molecule has 12 nitrogen and oxygen atoms in total. The maximum Gasteiger partial charge on any atom is 0.127 e. The molecule has 12 bridgehead atoms. The van der Waals surface area contributed by atoms with Crippen LogP contribution >= 0.6 is 45.2 Å². The Balaban J connectivity index is 1.12. The Morgan fingerprint density at radius 3 is 1.42 bits per heavy atom. The minimum atomic E-state index is 0.458. The van der Waals surface area contributed by atoms with Crippen LogP contribution in [0, 0.1) is 7.40 Å². The van der Waals surface area contributed by atoms with Crippen molar-refractivity contribution in [3.05, 3.63) is 116 Å². The second kappa shape index (κ2) is 16.6. The van der Waals surface area contributed by atoms with Crippen molar-refractivity contribution in [2.75, 3.05) is 39.6 Å². The maximum absolute atomic E-state index is 5.85. The van der Waals surface area contributed by atoms with Crippen LogP contribution in [-0.2, 0) is 22.6 Å². The van der Waals surface area contributed by atoms with Crippen molar-refractivity contribution in [1.29, 1.82) is 0 Å². The van der Waals surface area contributed by atoms with E-state index < -0.39 is 0 Å². The highest BCUT2D eigenvalue weighted by atomic mass is 127. The van der Waals surface area contributed by atoms with Gasteiger partial charge in [-0.3, -0.25) is 9.97 Å². The summed E-state index contributed by atoms with van der Waals surface area (Å²) in [5.74, 6) is 1.57. The normalized spacial score (nSPS) is 15.1. The van der Waals surface area contributed by atoms with Gasteiger partial charge in [0.1, 0.15) is 43.5 Å². The highest BCUT2D eigenvalue weighted by molar-refractivity contribution is 14.1. The molecule has 254 valence electrons. The maximum atomic E-state index is 5.85. The number of halogens is 2. The van der Waals surface area contributed by atoms with Crippen molar-refractivity contribution < 1.29 is 18.9 Å². The zero-order valence-corrected chi connectivity index (χ0v) is 31.2.